The number of aliphatic hydroxyl groups excluding tert-OH is 1. The molecule has 3 heterocycles. The highest BCUT2D eigenvalue weighted by molar-refractivity contribution is 5.81. The Kier molecular flexibility index (Phi) is 4.31. The van der Waals surface area contributed by atoms with Crippen molar-refractivity contribution in [2.24, 2.45) is 0 Å². The van der Waals surface area contributed by atoms with E-state index in [4.69, 9.17) is 15.2 Å². The molecule has 1 saturated heterocycles. The monoisotopic (exact) mass is 340 g/mol. The quantitative estimate of drug-likeness (QED) is 0.723. The Bertz CT molecular complexity index is 854. The molecule has 1 fully saturated rings. The van der Waals surface area contributed by atoms with Crippen molar-refractivity contribution in [2.75, 3.05) is 12.3 Å². The van der Waals surface area contributed by atoms with Gasteiger partial charge in [-0.2, -0.15) is 0 Å². The molecule has 1 aliphatic rings. The molecule has 0 unspecified atom stereocenters. The summed E-state index contributed by atoms with van der Waals surface area (Å²) < 4.78 is 13.3. The summed E-state index contributed by atoms with van der Waals surface area (Å²) >= 11 is 0. The molecule has 0 amide bonds. The summed E-state index contributed by atoms with van der Waals surface area (Å²) in [7, 11) is 0. The van der Waals surface area contributed by atoms with Crippen molar-refractivity contribution in [1.29, 1.82) is 0 Å². The summed E-state index contributed by atoms with van der Waals surface area (Å²) in [4.78, 5) is 12.4. The van der Waals surface area contributed by atoms with Crippen LogP contribution in [0.4, 0.5) is 5.82 Å². The number of anilines is 1. The standard InChI is InChI=1S/C17H18N5O3/c18-16-15-17(20-9-19-16)22(10-21-15)14-6-12(23)13(25-14)8-24-7-11-4-2-1-3-5-11/h1-5,9-10,12,14,23H,6-8H2,(H2,18,19,20)/t12-,14+/m0/s1. The van der Waals surface area contributed by atoms with Gasteiger partial charge in [0.25, 0.3) is 0 Å². The van der Waals surface area contributed by atoms with Gasteiger partial charge < -0.3 is 20.3 Å². The molecule has 0 saturated carbocycles. The highest BCUT2D eigenvalue weighted by Gasteiger charge is 2.37. The lowest BCUT2D eigenvalue weighted by atomic mass is 10.2. The third-order valence-electron chi connectivity index (χ3n) is 4.14. The van der Waals surface area contributed by atoms with Gasteiger partial charge in [0.05, 0.1) is 25.6 Å². The van der Waals surface area contributed by atoms with Gasteiger partial charge >= 0.3 is 0 Å². The number of benzene rings is 1. The highest BCUT2D eigenvalue weighted by Crippen LogP contribution is 2.35. The molecule has 2 atom stereocenters. The largest absolute Gasteiger partial charge is 0.390 e. The molecule has 0 spiro atoms. The molecular weight excluding hydrogens is 322 g/mol. The van der Waals surface area contributed by atoms with E-state index in [0.717, 1.165) is 5.56 Å². The minimum atomic E-state index is -0.697. The second kappa shape index (κ2) is 6.75. The zero-order valence-corrected chi connectivity index (χ0v) is 13.4. The number of nitrogen functional groups attached to an aromatic ring is 1. The fourth-order valence-corrected chi connectivity index (χ4v) is 2.85. The molecule has 2 aromatic heterocycles. The average Bonchev–Trinajstić information content (AvgIpc) is 3.21. The molecule has 4 rings (SSSR count). The molecule has 1 radical (unpaired) electrons. The maximum absolute atomic E-state index is 10.2. The summed E-state index contributed by atoms with van der Waals surface area (Å²) in [6.45, 7) is 0.694. The Labute approximate surface area is 144 Å². The number of hydrogen-bond acceptors (Lipinski definition) is 7. The summed E-state index contributed by atoms with van der Waals surface area (Å²) in [6.07, 6.45) is 2.79. The second-order valence-corrected chi connectivity index (χ2v) is 5.85. The van der Waals surface area contributed by atoms with Crippen LogP contribution in [0.15, 0.2) is 43.0 Å². The molecule has 25 heavy (non-hydrogen) atoms. The number of rotatable bonds is 5. The van der Waals surface area contributed by atoms with E-state index in [1.165, 1.54) is 6.33 Å². The minimum absolute atomic E-state index is 0.232. The summed E-state index contributed by atoms with van der Waals surface area (Å²) in [6, 6.07) is 9.85. The van der Waals surface area contributed by atoms with Crippen LogP contribution in [0.25, 0.3) is 11.2 Å². The van der Waals surface area contributed by atoms with Crippen molar-refractivity contribution in [3.63, 3.8) is 0 Å². The van der Waals surface area contributed by atoms with Gasteiger partial charge in [0.15, 0.2) is 17.6 Å². The van der Waals surface area contributed by atoms with Gasteiger partial charge in [0.1, 0.15) is 18.1 Å². The van der Waals surface area contributed by atoms with E-state index in [9.17, 15) is 5.11 Å². The Morgan fingerprint density at radius 1 is 1.20 bits per heavy atom. The van der Waals surface area contributed by atoms with E-state index < -0.39 is 12.3 Å². The van der Waals surface area contributed by atoms with Gasteiger partial charge in [-0.1, -0.05) is 30.3 Å². The topological polar surface area (TPSA) is 108 Å². The number of aliphatic hydroxyl groups is 1. The Balaban J connectivity index is 1.41. The Morgan fingerprint density at radius 3 is 2.88 bits per heavy atom. The van der Waals surface area contributed by atoms with E-state index in [1.807, 2.05) is 30.3 Å². The van der Waals surface area contributed by atoms with Crippen molar-refractivity contribution in [3.8, 4) is 0 Å². The van der Waals surface area contributed by atoms with Crippen molar-refractivity contribution in [2.45, 2.75) is 25.4 Å². The van der Waals surface area contributed by atoms with E-state index in [2.05, 4.69) is 15.0 Å². The molecule has 3 N–H and O–H groups in total. The Morgan fingerprint density at radius 2 is 2.04 bits per heavy atom. The zero-order chi connectivity index (χ0) is 17.2. The molecule has 8 nitrogen and oxygen atoms in total. The first kappa shape index (κ1) is 15.9. The van der Waals surface area contributed by atoms with Gasteiger partial charge in [0, 0.05) is 6.42 Å². The normalized spacial score (nSPS) is 21.2. The van der Waals surface area contributed by atoms with E-state index in [1.54, 1.807) is 10.9 Å². The van der Waals surface area contributed by atoms with Gasteiger partial charge in [-0.25, -0.2) is 15.0 Å². The SMILES string of the molecule is Nc1ncnc2c1ncn2[C@H]1C[C@H](O)[C](COCc2ccccc2)O1. The molecule has 8 heteroatoms. The van der Waals surface area contributed by atoms with E-state index in [0.29, 0.717) is 36.1 Å². The first-order valence-electron chi connectivity index (χ1n) is 7.97. The van der Waals surface area contributed by atoms with Crippen LogP contribution in [0.3, 0.4) is 0 Å². The lowest BCUT2D eigenvalue weighted by Crippen LogP contribution is -2.17. The lowest BCUT2D eigenvalue weighted by Gasteiger charge is -2.15. The zero-order valence-electron chi connectivity index (χ0n) is 13.4. The maximum atomic E-state index is 10.2. The first-order valence-corrected chi connectivity index (χ1v) is 7.97. The van der Waals surface area contributed by atoms with Crippen LogP contribution in [-0.2, 0) is 16.1 Å². The molecule has 0 bridgehead atoms. The third kappa shape index (κ3) is 3.19. The predicted molar refractivity (Wildman–Crippen MR) is 89.8 cm³/mol. The van der Waals surface area contributed by atoms with Crippen LogP contribution < -0.4 is 5.73 Å². The van der Waals surface area contributed by atoms with Crippen LogP contribution in [0, 0.1) is 6.10 Å². The van der Waals surface area contributed by atoms with Gasteiger partial charge in [-0.3, -0.25) is 4.57 Å². The third-order valence-corrected chi connectivity index (χ3v) is 4.14. The van der Waals surface area contributed by atoms with E-state index >= 15 is 0 Å². The van der Waals surface area contributed by atoms with E-state index in [-0.39, 0.29) is 6.61 Å². The number of ether oxygens (including phenoxy) is 2. The summed E-state index contributed by atoms with van der Waals surface area (Å²) in [5.74, 6) is 0.317. The predicted octanol–water partition coefficient (Wildman–Crippen LogP) is 1.44. The number of nitrogens with two attached hydrogens (primary N) is 1. The van der Waals surface area contributed by atoms with Crippen molar-refractivity contribution in [1.82, 2.24) is 19.5 Å². The van der Waals surface area contributed by atoms with Crippen molar-refractivity contribution < 1.29 is 14.6 Å². The second-order valence-electron chi connectivity index (χ2n) is 5.85. The summed E-state index contributed by atoms with van der Waals surface area (Å²) in [5.41, 5.74) is 7.97. The lowest BCUT2D eigenvalue weighted by molar-refractivity contribution is 0.000108. The smallest absolute Gasteiger partial charge is 0.167 e. The molecule has 1 aliphatic heterocycles. The van der Waals surface area contributed by atoms with Crippen LogP contribution in [-0.4, -0.2) is 37.3 Å². The Hall–Kier alpha value is -2.55. The molecule has 129 valence electrons. The van der Waals surface area contributed by atoms with Gasteiger partial charge in [0.2, 0.25) is 0 Å². The number of nitrogens with zero attached hydrogens (tertiary/aromatic N) is 4. The molecule has 1 aromatic carbocycles. The fraction of sp³-hybridized carbons (Fsp3) is 0.294. The maximum Gasteiger partial charge on any atom is 0.167 e. The van der Waals surface area contributed by atoms with Gasteiger partial charge in [-0.05, 0) is 5.56 Å². The fourth-order valence-electron chi connectivity index (χ4n) is 2.85. The highest BCUT2D eigenvalue weighted by atomic mass is 16.6. The number of aromatic nitrogens is 4. The number of fused-ring (bicyclic) bond motifs is 1. The molecular formula is C17H18N5O3. The van der Waals surface area contributed by atoms with Crippen LogP contribution in [0.5, 0.6) is 0 Å². The van der Waals surface area contributed by atoms with Crippen LogP contribution in [0.1, 0.15) is 18.2 Å². The summed E-state index contributed by atoms with van der Waals surface area (Å²) in [5, 5.41) is 10.2. The minimum Gasteiger partial charge on any atom is -0.390 e. The first-order chi connectivity index (χ1) is 12.2. The van der Waals surface area contributed by atoms with Crippen molar-refractivity contribution >= 4 is 17.0 Å². The molecule has 0 aliphatic carbocycles. The van der Waals surface area contributed by atoms with Crippen LogP contribution >= 0.6 is 0 Å². The van der Waals surface area contributed by atoms with Gasteiger partial charge in [-0.15, -0.1) is 0 Å². The average molecular weight is 340 g/mol. The van der Waals surface area contributed by atoms with Crippen molar-refractivity contribution in [3.05, 3.63) is 54.7 Å². The number of imidazole rings is 1. The number of hydrogen-bond donors (Lipinski definition) is 2. The van der Waals surface area contributed by atoms with Crippen LogP contribution in [0.2, 0.25) is 0 Å². The molecule has 3 aromatic rings.